The van der Waals surface area contributed by atoms with Gasteiger partial charge in [-0.25, -0.2) is 9.50 Å². The summed E-state index contributed by atoms with van der Waals surface area (Å²) in [4.78, 5) is 20.0. The average molecular weight is 369 g/mol. The smallest absolute Gasteiger partial charge is 0.353 e. The standard InChI is InChI=1S/C17H22F3N5O/c1-9-6-4-5-7-13(9)22-14(26)8-12-10(2)21-16-23-15(17(18,19)20)24-25(16)11(12)3/h9,13H,4-8H2,1-3H3,(H,22,26)/t9-,13+/m0/s1. The molecule has 9 heteroatoms. The van der Waals surface area contributed by atoms with Crippen LogP contribution in [0.4, 0.5) is 13.2 Å². The molecule has 1 amide bonds. The second-order valence-electron chi connectivity index (χ2n) is 7.02. The molecule has 0 saturated heterocycles. The van der Waals surface area contributed by atoms with E-state index >= 15 is 0 Å². The van der Waals surface area contributed by atoms with Gasteiger partial charge in [-0.15, -0.1) is 5.10 Å². The topological polar surface area (TPSA) is 72.2 Å². The fourth-order valence-electron chi connectivity index (χ4n) is 3.53. The van der Waals surface area contributed by atoms with Crippen molar-refractivity contribution in [1.29, 1.82) is 0 Å². The van der Waals surface area contributed by atoms with Crippen LogP contribution in [-0.2, 0) is 17.4 Å². The van der Waals surface area contributed by atoms with Crippen LogP contribution < -0.4 is 5.32 Å². The number of amides is 1. The number of nitrogens with zero attached hydrogens (tertiary/aromatic N) is 4. The molecule has 6 nitrogen and oxygen atoms in total. The van der Waals surface area contributed by atoms with Crippen molar-refractivity contribution in [2.45, 2.75) is 65.1 Å². The van der Waals surface area contributed by atoms with Gasteiger partial charge in [0.05, 0.1) is 6.42 Å². The predicted molar refractivity (Wildman–Crippen MR) is 88.5 cm³/mol. The molecule has 1 fully saturated rings. The maximum atomic E-state index is 12.8. The number of nitrogens with one attached hydrogen (secondary N) is 1. The molecule has 0 radical (unpaired) electrons. The van der Waals surface area contributed by atoms with Crippen LogP contribution in [0.1, 0.15) is 55.4 Å². The highest BCUT2D eigenvalue weighted by atomic mass is 19.4. The molecule has 1 aliphatic carbocycles. The highest BCUT2D eigenvalue weighted by Crippen LogP contribution is 2.27. The van der Waals surface area contributed by atoms with Crippen LogP contribution in [0.3, 0.4) is 0 Å². The summed E-state index contributed by atoms with van der Waals surface area (Å²) >= 11 is 0. The number of fused-ring (bicyclic) bond motifs is 1. The Morgan fingerprint density at radius 3 is 2.58 bits per heavy atom. The van der Waals surface area contributed by atoms with E-state index < -0.39 is 12.0 Å². The summed E-state index contributed by atoms with van der Waals surface area (Å²) in [5.41, 5.74) is 1.52. The highest BCUT2D eigenvalue weighted by Gasteiger charge is 2.37. The molecule has 0 spiro atoms. The molecule has 1 aliphatic rings. The van der Waals surface area contributed by atoms with E-state index in [-0.39, 0.29) is 24.1 Å². The Balaban J connectivity index is 1.84. The summed E-state index contributed by atoms with van der Waals surface area (Å²) in [6.07, 6.45) is -0.246. The number of aromatic nitrogens is 4. The van der Waals surface area contributed by atoms with Gasteiger partial charge in [-0.05, 0) is 32.6 Å². The maximum absolute atomic E-state index is 12.8. The lowest BCUT2D eigenvalue weighted by molar-refractivity contribution is -0.144. The van der Waals surface area contributed by atoms with Gasteiger partial charge in [0, 0.05) is 23.0 Å². The molecular formula is C17H22F3N5O. The lowest BCUT2D eigenvalue weighted by Gasteiger charge is -2.29. The number of alkyl halides is 3. The molecule has 26 heavy (non-hydrogen) atoms. The Hall–Kier alpha value is -2.19. The molecule has 2 atom stereocenters. The second-order valence-corrected chi connectivity index (χ2v) is 7.02. The maximum Gasteiger partial charge on any atom is 0.453 e. The van der Waals surface area contributed by atoms with Crippen LogP contribution >= 0.6 is 0 Å². The number of carbonyl (C=O) groups is 1. The molecule has 3 rings (SSSR count). The van der Waals surface area contributed by atoms with Crippen LogP contribution in [0.5, 0.6) is 0 Å². The van der Waals surface area contributed by atoms with Crippen LogP contribution in [-0.4, -0.2) is 31.5 Å². The number of carbonyl (C=O) groups excluding carboxylic acids is 1. The van der Waals surface area contributed by atoms with Crippen LogP contribution in [0.15, 0.2) is 0 Å². The van der Waals surface area contributed by atoms with Crippen molar-refractivity contribution in [2.24, 2.45) is 5.92 Å². The van der Waals surface area contributed by atoms with E-state index in [2.05, 4.69) is 27.3 Å². The summed E-state index contributed by atoms with van der Waals surface area (Å²) in [6.45, 7) is 5.42. The molecule has 0 unspecified atom stereocenters. The molecule has 0 aromatic carbocycles. The number of aryl methyl sites for hydroxylation is 2. The molecule has 1 N–H and O–H groups in total. The van der Waals surface area contributed by atoms with Crippen molar-refractivity contribution in [3.8, 4) is 0 Å². The summed E-state index contributed by atoms with van der Waals surface area (Å²) in [5.74, 6) is -1.06. The Morgan fingerprint density at radius 1 is 1.23 bits per heavy atom. The Morgan fingerprint density at radius 2 is 1.92 bits per heavy atom. The summed E-state index contributed by atoms with van der Waals surface area (Å²) in [6, 6.07) is 0.150. The number of rotatable bonds is 3. The zero-order valence-corrected chi connectivity index (χ0v) is 15.0. The predicted octanol–water partition coefficient (Wildman–Crippen LogP) is 3.00. The van der Waals surface area contributed by atoms with Gasteiger partial charge in [0.25, 0.3) is 11.6 Å². The first-order chi connectivity index (χ1) is 12.2. The quantitative estimate of drug-likeness (QED) is 0.903. The summed E-state index contributed by atoms with van der Waals surface area (Å²) in [5, 5.41) is 6.56. The zero-order chi connectivity index (χ0) is 19.1. The van der Waals surface area contributed by atoms with Gasteiger partial charge < -0.3 is 5.32 Å². The monoisotopic (exact) mass is 369 g/mol. The van der Waals surface area contributed by atoms with Crippen molar-refractivity contribution >= 4 is 11.7 Å². The SMILES string of the molecule is Cc1nc2nc(C(F)(F)F)nn2c(C)c1CC(=O)N[C@@H]1CCCC[C@@H]1C. The largest absolute Gasteiger partial charge is 0.453 e. The van der Waals surface area contributed by atoms with Crippen LogP contribution in [0.2, 0.25) is 0 Å². The van der Waals surface area contributed by atoms with Gasteiger partial charge in [0.1, 0.15) is 0 Å². The lowest BCUT2D eigenvalue weighted by atomic mass is 9.86. The fraction of sp³-hybridized carbons (Fsp3) is 0.647. The highest BCUT2D eigenvalue weighted by molar-refractivity contribution is 5.79. The molecule has 142 valence electrons. The van der Waals surface area contributed by atoms with E-state index in [9.17, 15) is 18.0 Å². The minimum absolute atomic E-state index is 0.0606. The third-order valence-electron chi connectivity index (χ3n) is 5.10. The van der Waals surface area contributed by atoms with E-state index in [1.54, 1.807) is 13.8 Å². The first-order valence-electron chi connectivity index (χ1n) is 8.76. The van der Waals surface area contributed by atoms with Gasteiger partial charge in [-0.1, -0.05) is 19.8 Å². The zero-order valence-electron chi connectivity index (χ0n) is 15.0. The molecule has 2 heterocycles. The van der Waals surface area contributed by atoms with Gasteiger partial charge >= 0.3 is 6.18 Å². The summed E-state index contributed by atoms with van der Waals surface area (Å²) in [7, 11) is 0. The van der Waals surface area contributed by atoms with Gasteiger partial charge in [0.15, 0.2) is 0 Å². The van der Waals surface area contributed by atoms with Gasteiger partial charge in [0.2, 0.25) is 5.91 Å². The minimum atomic E-state index is -4.64. The van der Waals surface area contributed by atoms with Crippen molar-refractivity contribution in [3.05, 3.63) is 22.8 Å². The average Bonchev–Trinajstić information content (AvgIpc) is 2.98. The first kappa shape index (κ1) is 18.6. The molecule has 1 saturated carbocycles. The number of hydrogen-bond acceptors (Lipinski definition) is 4. The Bertz CT molecular complexity index is 830. The molecular weight excluding hydrogens is 347 g/mol. The third kappa shape index (κ3) is 3.66. The third-order valence-corrected chi connectivity index (χ3v) is 5.10. The molecule has 0 bridgehead atoms. The minimum Gasteiger partial charge on any atom is -0.353 e. The van der Waals surface area contributed by atoms with Crippen molar-refractivity contribution < 1.29 is 18.0 Å². The first-order valence-corrected chi connectivity index (χ1v) is 8.76. The van der Waals surface area contributed by atoms with E-state index in [4.69, 9.17) is 0 Å². The Kier molecular flexibility index (Phi) is 4.90. The lowest BCUT2D eigenvalue weighted by Crippen LogP contribution is -2.41. The normalized spacial score (nSPS) is 21.2. The van der Waals surface area contributed by atoms with Crippen LogP contribution in [0, 0.1) is 19.8 Å². The van der Waals surface area contributed by atoms with E-state index in [1.165, 1.54) is 6.42 Å². The van der Waals surface area contributed by atoms with Gasteiger partial charge in [-0.3, -0.25) is 4.79 Å². The van der Waals surface area contributed by atoms with Crippen molar-refractivity contribution in [3.63, 3.8) is 0 Å². The summed E-state index contributed by atoms with van der Waals surface area (Å²) < 4.78 is 39.6. The van der Waals surface area contributed by atoms with E-state index in [1.807, 2.05) is 0 Å². The molecule has 2 aromatic heterocycles. The van der Waals surface area contributed by atoms with Gasteiger partial charge in [-0.2, -0.15) is 18.2 Å². The van der Waals surface area contributed by atoms with Crippen LogP contribution in [0.25, 0.3) is 5.78 Å². The van der Waals surface area contributed by atoms with E-state index in [0.717, 1.165) is 23.8 Å². The van der Waals surface area contributed by atoms with Crippen molar-refractivity contribution in [2.75, 3.05) is 0 Å². The Labute approximate surface area is 149 Å². The fourth-order valence-corrected chi connectivity index (χ4v) is 3.53. The molecule has 2 aromatic rings. The molecule has 0 aliphatic heterocycles. The number of halogens is 3. The van der Waals surface area contributed by atoms with E-state index in [0.29, 0.717) is 22.9 Å². The number of hydrogen-bond donors (Lipinski definition) is 1. The van der Waals surface area contributed by atoms with Crippen molar-refractivity contribution in [1.82, 2.24) is 24.9 Å². The second kappa shape index (κ2) is 6.85.